The highest BCUT2D eigenvalue weighted by molar-refractivity contribution is 5.85. The van der Waals surface area contributed by atoms with Gasteiger partial charge in [0.2, 0.25) is 5.91 Å². The Kier molecular flexibility index (Phi) is 5.62. The van der Waals surface area contributed by atoms with E-state index in [1.54, 1.807) is 0 Å². The molecule has 2 saturated carbocycles. The molecule has 0 saturated heterocycles. The van der Waals surface area contributed by atoms with Gasteiger partial charge in [0, 0.05) is 18.9 Å². The second-order valence-corrected chi connectivity index (χ2v) is 6.74. The van der Waals surface area contributed by atoms with Gasteiger partial charge in [-0.1, -0.05) is 32.1 Å². The summed E-state index contributed by atoms with van der Waals surface area (Å²) >= 11 is 0. The molecule has 2 atom stereocenters. The molecule has 5 nitrogen and oxygen atoms in total. The molecule has 3 N–H and O–H groups in total. The molecule has 0 bridgehead atoms. The van der Waals surface area contributed by atoms with E-state index < -0.39 is 11.4 Å². The van der Waals surface area contributed by atoms with Gasteiger partial charge in [-0.05, 0) is 25.7 Å². The number of carbonyl (C=O) groups is 2. The smallest absolute Gasteiger partial charge is 0.310 e. The van der Waals surface area contributed by atoms with Crippen molar-refractivity contribution in [3.63, 3.8) is 0 Å². The minimum Gasteiger partial charge on any atom is -0.481 e. The summed E-state index contributed by atoms with van der Waals surface area (Å²) in [6.07, 6.45) is 7.67. The van der Waals surface area contributed by atoms with Crippen LogP contribution in [0.1, 0.15) is 64.2 Å². The number of aliphatic hydroxyl groups excluding tert-OH is 1. The normalized spacial score (nSPS) is 28.8. The third kappa shape index (κ3) is 4.19. The Balaban J connectivity index is 1.83. The van der Waals surface area contributed by atoms with Crippen molar-refractivity contribution < 1.29 is 19.8 Å². The number of aliphatic hydroxyl groups is 1. The van der Waals surface area contributed by atoms with Gasteiger partial charge < -0.3 is 15.5 Å². The molecule has 0 radical (unpaired) electrons. The van der Waals surface area contributed by atoms with Gasteiger partial charge in [-0.2, -0.15) is 0 Å². The van der Waals surface area contributed by atoms with Gasteiger partial charge in [-0.25, -0.2) is 0 Å². The Bertz CT molecular complexity index is 376. The molecular formula is C16H27NO4. The number of carbonyl (C=O) groups excluding carboxylic acids is 1. The van der Waals surface area contributed by atoms with Gasteiger partial charge in [0.25, 0.3) is 0 Å². The molecule has 2 aliphatic carbocycles. The first-order valence-electron chi connectivity index (χ1n) is 8.22. The van der Waals surface area contributed by atoms with Crippen LogP contribution in [-0.2, 0) is 9.59 Å². The standard InChI is InChI=1S/C16H27NO4/c18-13-7-3-2-6-12(13)11-17-14(19)10-16(15(20)21)8-4-1-5-9-16/h12-13,18H,1-11H2,(H,17,19)(H,20,21). The van der Waals surface area contributed by atoms with E-state index in [0.29, 0.717) is 19.4 Å². The lowest BCUT2D eigenvalue weighted by molar-refractivity contribution is -0.154. The van der Waals surface area contributed by atoms with Crippen LogP contribution in [0, 0.1) is 11.3 Å². The van der Waals surface area contributed by atoms with E-state index in [0.717, 1.165) is 44.9 Å². The van der Waals surface area contributed by atoms with Crippen LogP contribution < -0.4 is 5.32 Å². The van der Waals surface area contributed by atoms with E-state index in [9.17, 15) is 19.8 Å². The molecule has 0 aromatic carbocycles. The number of amides is 1. The predicted molar refractivity (Wildman–Crippen MR) is 78.7 cm³/mol. The maximum absolute atomic E-state index is 12.1. The van der Waals surface area contributed by atoms with Crippen molar-refractivity contribution in [2.45, 2.75) is 70.3 Å². The molecule has 5 heteroatoms. The minimum absolute atomic E-state index is 0.0746. The van der Waals surface area contributed by atoms with Crippen molar-refractivity contribution >= 4 is 11.9 Å². The quantitative estimate of drug-likeness (QED) is 0.725. The number of aliphatic carboxylic acids is 1. The number of hydrogen-bond donors (Lipinski definition) is 3. The van der Waals surface area contributed by atoms with E-state index >= 15 is 0 Å². The summed E-state index contributed by atoms with van der Waals surface area (Å²) in [6.45, 7) is 0.468. The molecule has 1 amide bonds. The summed E-state index contributed by atoms with van der Waals surface area (Å²) in [5.41, 5.74) is -0.868. The van der Waals surface area contributed by atoms with Gasteiger partial charge in [0.15, 0.2) is 0 Å². The Hall–Kier alpha value is -1.10. The number of carboxylic acid groups (broad SMARTS) is 1. The molecule has 2 rings (SSSR count). The van der Waals surface area contributed by atoms with Gasteiger partial charge in [0.05, 0.1) is 11.5 Å². The highest BCUT2D eigenvalue weighted by Gasteiger charge is 2.41. The van der Waals surface area contributed by atoms with Gasteiger partial charge in [-0.15, -0.1) is 0 Å². The second-order valence-electron chi connectivity index (χ2n) is 6.74. The second kappa shape index (κ2) is 7.25. The summed E-state index contributed by atoms with van der Waals surface area (Å²) in [4.78, 5) is 23.7. The predicted octanol–water partition coefficient (Wildman–Crippen LogP) is 2.08. The molecule has 0 spiro atoms. The number of rotatable bonds is 5. The Morgan fingerprint density at radius 2 is 1.71 bits per heavy atom. The first-order chi connectivity index (χ1) is 10.0. The first kappa shape index (κ1) is 16.3. The average Bonchev–Trinajstić information content (AvgIpc) is 2.47. The summed E-state index contributed by atoms with van der Waals surface area (Å²) in [7, 11) is 0. The fourth-order valence-corrected chi connectivity index (χ4v) is 3.74. The van der Waals surface area contributed by atoms with Crippen LogP contribution in [0.2, 0.25) is 0 Å². The topological polar surface area (TPSA) is 86.6 Å². The third-order valence-corrected chi connectivity index (χ3v) is 5.19. The fourth-order valence-electron chi connectivity index (χ4n) is 3.74. The molecule has 0 aromatic rings. The van der Waals surface area contributed by atoms with Gasteiger partial charge >= 0.3 is 5.97 Å². The van der Waals surface area contributed by atoms with E-state index in [1.807, 2.05) is 0 Å². The summed E-state index contributed by atoms with van der Waals surface area (Å²) < 4.78 is 0. The lowest BCUT2D eigenvalue weighted by atomic mass is 9.71. The molecule has 0 aliphatic heterocycles. The average molecular weight is 297 g/mol. The van der Waals surface area contributed by atoms with Crippen LogP contribution in [0.3, 0.4) is 0 Å². The maximum atomic E-state index is 12.1. The highest BCUT2D eigenvalue weighted by Crippen LogP contribution is 2.39. The Morgan fingerprint density at radius 1 is 1.05 bits per heavy atom. The van der Waals surface area contributed by atoms with Crippen LogP contribution in [0.4, 0.5) is 0 Å². The van der Waals surface area contributed by atoms with Crippen molar-refractivity contribution in [2.24, 2.45) is 11.3 Å². The zero-order valence-electron chi connectivity index (χ0n) is 12.6. The van der Waals surface area contributed by atoms with Crippen molar-refractivity contribution in [2.75, 3.05) is 6.54 Å². The molecular weight excluding hydrogens is 270 g/mol. The molecule has 2 aliphatic rings. The van der Waals surface area contributed by atoms with E-state index in [2.05, 4.69) is 5.32 Å². The zero-order chi connectivity index (χ0) is 15.3. The van der Waals surface area contributed by atoms with E-state index in [-0.39, 0.29) is 24.3 Å². The molecule has 0 heterocycles. The number of nitrogens with one attached hydrogen (secondary N) is 1. The zero-order valence-corrected chi connectivity index (χ0v) is 12.6. The largest absolute Gasteiger partial charge is 0.481 e. The van der Waals surface area contributed by atoms with Crippen molar-refractivity contribution in [3.8, 4) is 0 Å². The van der Waals surface area contributed by atoms with Crippen LogP contribution >= 0.6 is 0 Å². The minimum atomic E-state index is -0.868. The summed E-state index contributed by atoms with van der Waals surface area (Å²) in [6, 6.07) is 0. The first-order valence-corrected chi connectivity index (χ1v) is 8.22. The number of hydrogen-bond acceptors (Lipinski definition) is 3. The molecule has 21 heavy (non-hydrogen) atoms. The van der Waals surface area contributed by atoms with Crippen LogP contribution in [0.25, 0.3) is 0 Å². The van der Waals surface area contributed by atoms with Crippen molar-refractivity contribution in [1.82, 2.24) is 5.32 Å². The summed E-state index contributed by atoms with van der Waals surface area (Å²) in [5, 5.41) is 22.2. The lowest BCUT2D eigenvalue weighted by Gasteiger charge is -2.33. The molecule has 120 valence electrons. The Labute approximate surface area is 126 Å². The highest BCUT2D eigenvalue weighted by atomic mass is 16.4. The van der Waals surface area contributed by atoms with E-state index in [4.69, 9.17) is 0 Å². The van der Waals surface area contributed by atoms with Crippen LogP contribution in [-0.4, -0.2) is 34.7 Å². The Morgan fingerprint density at radius 3 is 2.33 bits per heavy atom. The number of carboxylic acids is 1. The third-order valence-electron chi connectivity index (χ3n) is 5.19. The molecule has 2 fully saturated rings. The van der Waals surface area contributed by atoms with Crippen molar-refractivity contribution in [1.29, 1.82) is 0 Å². The van der Waals surface area contributed by atoms with Gasteiger partial charge in [-0.3, -0.25) is 9.59 Å². The van der Waals surface area contributed by atoms with Gasteiger partial charge in [0.1, 0.15) is 0 Å². The van der Waals surface area contributed by atoms with Crippen LogP contribution in [0.5, 0.6) is 0 Å². The van der Waals surface area contributed by atoms with E-state index in [1.165, 1.54) is 0 Å². The van der Waals surface area contributed by atoms with Crippen molar-refractivity contribution in [3.05, 3.63) is 0 Å². The maximum Gasteiger partial charge on any atom is 0.310 e. The SMILES string of the molecule is O=C(CC1(C(=O)O)CCCCC1)NCC1CCCCC1O. The molecule has 0 aromatic heterocycles. The monoisotopic (exact) mass is 297 g/mol. The van der Waals surface area contributed by atoms with Crippen LogP contribution in [0.15, 0.2) is 0 Å². The summed E-state index contributed by atoms with van der Waals surface area (Å²) in [5.74, 6) is -0.901. The molecule has 2 unspecified atom stereocenters. The lowest BCUT2D eigenvalue weighted by Crippen LogP contribution is -2.42. The fraction of sp³-hybridized carbons (Fsp3) is 0.875.